The number of imidazole rings is 1. The number of nitrogens with zero attached hydrogens (tertiary/aromatic N) is 3. The lowest BCUT2D eigenvalue weighted by molar-refractivity contribution is 0.594. The van der Waals surface area contributed by atoms with E-state index in [1.54, 1.807) is 6.07 Å². The number of aryl methyl sites for hydroxylation is 1. The first-order valence-electron chi connectivity index (χ1n) is 6.27. The van der Waals surface area contributed by atoms with Crippen molar-refractivity contribution in [1.82, 2.24) is 9.55 Å². The lowest BCUT2D eigenvalue weighted by Crippen LogP contribution is -2.03. The summed E-state index contributed by atoms with van der Waals surface area (Å²) in [4.78, 5) is 4.53. The number of hydrogen-bond donors (Lipinski definition) is 0. The summed E-state index contributed by atoms with van der Waals surface area (Å²) in [6.07, 6.45) is 3.89. The predicted molar refractivity (Wildman–Crippen MR) is 71.3 cm³/mol. The topological polar surface area (TPSA) is 41.6 Å². The van der Waals surface area contributed by atoms with Crippen molar-refractivity contribution in [2.75, 3.05) is 0 Å². The van der Waals surface area contributed by atoms with Crippen molar-refractivity contribution in [3.05, 3.63) is 29.6 Å². The third kappa shape index (κ3) is 2.09. The quantitative estimate of drug-likeness (QED) is 0.789. The highest BCUT2D eigenvalue weighted by atomic mass is 35.5. The van der Waals surface area contributed by atoms with Gasteiger partial charge >= 0.3 is 0 Å². The fraction of sp³-hybridized carbons (Fsp3) is 0.429. The van der Waals surface area contributed by atoms with Gasteiger partial charge in [0.05, 0.1) is 28.5 Å². The Morgan fingerprint density at radius 3 is 2.94 bits per heavy atom. The second kappa shape index (κ2) is 4.62. The molecule has 1 saturated carbocycles. The molecule has 1 aliphatic rings. The summed E-state index contributed by atoms with van der Waals surface area (Å²) >= 11 is 5.96. The fourth-order valence-corrected chi connectivity index (χ4v) is 2.52. The van der Waals surface area contributed by atoms with Crippen LogP contribution in [0.3, 0.4) is 0 Å². The summed E-state index contributed by atoms with van der Waals surface area (Å²) in [6, 6.07) is 7.79. The van der Waals surface area contributed by atoms with E-state index in [9.17, 15) is 0 Å². The van der Waals surface area contributed by atoms with Crippen LogP contribution in [0.4, 0.5) is 0 Å². The molecule has 1 aromatic heterocycles. The minimum Gasteiger partial charge on any atom is -0.327 e. The maximum Gasteiger partial charge on any atom is 0.124 e. The molecular formula is C14H14ClN3. The molecule has 0 saturated heterocycles. The molecule has 4 heteroatoms. The molecule has 18 heavy (non-hydrogen) atoms. The van der Waals surface area contributed by atoms with Crippen molar-refractivity contribution >= 4 is 22.6 Å². The molecule has 3 rings (SSSR count). The van der Waals surface area contributed by atoms with Gasteiger partial charge in [0, 0.05) is 6.54 Å². The summed E-state index contributed by atoms with van der Waals surface area (Å²) in [5, 5.41) is 8.97. The van der Waals surface area contributed by atoms with Crippen molar-refractivity contribution in [3.8, 4) is 6.07 Å². The minimum absolute atomic E-state index is 0.418. The normalized spacial score (nSPS) is 14.9. The Morgan fingerprint density at radius 1 is 1.44 bits per heavy atom. The molecule has 0 bridgehead atoms. The Labute approximate surface area is 111 Å². The summed E-state index contributed by atoms with van der Waals surface area (Å²) in [7, 11) is 0. The monoisotopic (exact) mass is 259 g/mol. The summed E-state index contributed by atoms with van der Waals surface area (Å²) in [5.74, 6) is 2.20. The molecule has 0 radical (unpaired) electrons. The van der Waals surface area contributed by atoms with E-state index in [4.69, 9.17) is 16.9 Å². The maximum absolute atomic E-state index is 8.97. The Bertz CT molecular complexity index is 620. The standard InChI is InChI=1S/C14H14ClN3/c15-8-14-17-12-4-3-11(9-16)7-13(12)18(14)6-5-10-1-2-10/h3-4,7,10H,1-2,5-6,8H2. The van der Waals surface area contributed by atoms with E-state index in [1.807, 2.05) is 12.1 Å². The van der Waals surface area contributed by atoms with Crippen LogP contribution in [0.15, 0.2) is 18.2 Å². The van der Waals surface area contributed by atoms with Crippen LogP contribution in [0.2, 0.25) is 0 Å². The average molecular weight is 260 g/mol. The molecule has 0 spiro atoms. The van der Waals surface area contributed by atoms with E-state index >= 15 is 0 Å². The number of benzene rings is 1. The molecule has 0 unspecified atom stereocenters. The van der Waals surface area contributed by atoms with E-state index in [0.29, 0.717) is 11.4 Å². The van der Waals surface area contributed by atoms with Crippen LogP contribution in [0.25, 0.3) is 11.0 Å². The van der Waals surface area contributed by atoms with Crippen LogP contribution < -0.4 is 0 Å². The smallest absolute Gasteiger partial charge is 0.124 e. The molecule has 1 aromatic carbocycles. The minimum atomic E-state index is 0.418. The number of aromatic nitrogens is 2. The van der Waals surface area contributed by atoms with Crippen molar-refractivity contribution in [2.24, 2.45) is 5.92 Å². The van der Waals surface area contributed by atoms with Crippen LogP contribution >= 0.6 is 11.6 Å². The third-order valence-electron chi connectivity index (χ3n) is 3.53. The molecule has 1 heterocycles. The Hall–Kier alpha value is -1.53. The van der Waals surface area contributed by atoms with Gasteiger partial charge in [0.1, 0.15) is 5.82 Å². The number of halogens is 1. The van der Waals surface area contributed by atoms with Crippen molar-refractivity contribution in [2.45, 2.75) is 31.7 Å². The van der Waals surface area contributed by atoms with Gasteiger partial charge in [-0.3, -0.25) is 0 Å². The van der Waals surface area contributed by atoms with Crippen LogP contribution in [0.1, 0.15) is 30.7 Å². The van der Waals surface area contributed by atoms with Gasteiger partial charge in [0.15, 0.2) is 0 Å². The van der Waals surface area contributed by atoms with Gasteiger partial charge in [-0.05, 0) is 30.5 Å². The first kappa shape index (κ1) is 11.6. The van der Waals surface area contributed by atoms with Crippen LogP contribution in [0, 0.1) is 17.2 Å². The lowest BCUT2D eigenvalue weighted by atomic mass is 10.2. The zero-order chi connectivity index (χ0) is 12.5. The molecule has 0 N–H and O–H groups in total. The summed E-state index contributed by atoms with van der Waals surface area (Å²) < 4.78 is 2.17. The SMILES string of the molecule is N#Cc1ccc2nc(CCl)n(CCC3CC3)c2c1. The zero-order valence-electron chi connectivity index (χ0n) is 10.1. The molecule has 3 nitrogen and oxygen atoms in total. The van der Waals surface area contributed by atoms with Gasteiger partial charge in [0.25, 0.3) is 0 Å². The number of rotatable bonds is 4. The highest BCUT2D eigenvalue weighted by molar-refractivity contribution is 6.16. The lowest BCUT2D eigenvalue weighted by Gasteiger charge is -2.06. The summed E-state index contributed by atoms with van der Waals surface area (Å²) in [6.45, 7) is 0.956. The molecule has 92 valence electrons. The highest BCUT2D eigenvalue weighted by Crippen LogP contribution is 2.33. The molecule has 1 fully saturated rings. The van der Waals surface area contributed by atoms with E-state index in [0.717, 1.165) is 29.3 Å². The van der Waals surface area contributed by atoms with Crippen molar-refractivity contribution in [3.63, 3.8) is 0 Å². The van der Waals surface area contributed by atoms with Gasteiger partial charge in [-0.15, -0.1) is 11.6 Å². The Morgan fingerprint density at radius 2 is 2.28 bits per heavy atom. The van der Waals surface area contributed by atoms with E-state index in [1.165, 1.54) is 19.3 Å². The van der Waals surface area contributed by atoms with Gasteiger partial charge in [0.2, 0.25) is 0 Å². The van der Waals surface area contributed by atoms with Crippen LogP contribution in [-0.2, 0) is 12.4 Å². The fourth-order valence-electron chi connectivity index (χ4n) is 2.31. The van der Waals surface area contributed by atoms with Gasteiger partial charge in [-0.25, -0.2) is 4.98 Å². The highest BCUT2D eigenvalue weighted by Gasteiger charge is 2.21. The van der Waals surface area contributed by atoms with Crippen molar-refractivity contribution in [1.29, 1.82) is 5.26 Å². The first-order valence-corrected chi connectivity index (χ1v) is 6.80. The first-order chi connectivity index (χ1) is 8.81. The molecule has 2 aromatic rings. The van der Waals surface area contributed by atoms with Crippen LogP contribution in [0.5, 0.6) is 0 Å². The number of fused-ring (bicyclic) bond motifs is 1. The zero-order valence-corrected chi connectivity index (χ0v) is 10.8. The average Bonchev–Trinajstić information content (AvgIpc) is 3.16. The Kier molecular flexibility index (Phi) is 2.97. The van der Waals surface area contributed by atoms with E-state index in [-0.39, 0.29) is 0 Å². The third-order valence-corrected chi connectivity index (χ3v) is 3.77. The van der Waals surface area contributed by atoms with E-state index < -0.39 is 0 Å². The van der Waals surface area contributed by atoms with Gasteiger partial charge in [-0.2, -0.15) is 5.26 Å². The molecule has 0 amide bonds. The van der Waals surface area contributed by atoms with Crippen LogP contribution in [-0.4, -0.2) is 9.55 Å². The maximum atomic E-state index is 8.97. The molecule has 1 aliphatic carbocycles. The van der Waals surface area contributed by atoms with Gasteiger partial charge in [-0.1, -0.05) is 12.8 Å². The second-order valence-electron chi connectivity index (χ2n) is 4.86. The number of alkyl halides is 1. The van der Waals surface area contributed by atoms with E-state index in [2.05, 4.69) is 15.6 Å². The van der Waals surface area contributed by atoms with Crippen molar-refractivity contribution < 1.29 is 0 Å². The number of nitriles is 1. The molecule has 0 aliphatic heterocycles. The van der Waals surface area contributed by atoms with Gasteiger partial charge < -0.3 is 4.57 Å². The molecule has 0 atom stereocenters. The predicted octanol–water partition coefficient (Wildman–Crippen LogP) is 3.45. The number of hydrogen-bond acceptors (Lipinski definition) is 2. The Balaban J connectivity index is 2.03. The largest absolute Gasteiger partial charge is 0.327 e. The second-order valence-corrected chi connectivity index (χ2v) is 5.13. The summed E-state index contributed by atoms with van der Waals surface area (Å²) in [5.41, 5.74) is 2.64. The molecular weight excluding hydrogens is 246 g/mol.